The normalized spacial score (nSPS) is 12.6. The minimum absolute atomic E-state index is 0.0657. The quantitative estimate of drug-likeness (QED) is 0.0357. The lowest BCUT2D eigenvalue weighted by atomic mass is 9.99. The zero-order valence-corrected chi connectivity index (χ0v) is 34.7. The first-order valence-electron chi connectivity index (χ1n) is 22.3. The zero-order chi connectivity index (χ0) is 37.6. The maximum Gasteiger partial charge on any atom is 0.306 e. The Hall–Kier alpha value is -1.59. The van der Waals surface area contributed by atoms with E-state index in [0.717, 1.165) is 69.6 Å². The van der Waals surface area contributed by atoms with Gasteiger partial charge in [0.1, 0.15) is 13.2 Å². The van der Waals surface area contributed by atoms with Gasteiger partial charge < -0.3 is 14.2 Å². The van der Waals surface area contributed by atoms with E-state index in [0.29, 0.717) is 19.3 Å². The Bertz CT molecular complexity index is 781. The van der Waals surface area contributed by atoms with Crippen molar-refractivity contribution in [1.82, 2.24) is 0 Å². The number of hydrogen-bond donors (Lipinski definition) is 0. The topological polar surface area (TPSA) is 78.9 Å². The summed E-state index contributed by atoms with van der Waals surface area (Å²) in [6.07, 6.45) is 35.1. The van der Waals surface area contributed by atoms with Crippen molar-refractivity contribution in [1.29, 1.82) is 0 Å². The zero-order valence-electron chi connectivity index (χ0n) is 34.7. The van der Waals surface area contributed by atoms with Crippen LogP contribution in [0.4, 0.5) is 0 Å². The van der Waals surface area contributed by atoms with Gasteiger partial charge in [-0.25, -0.2) is 0 Å². The van der Waals surface area contributed by atoms with E-state index in [1.54, 1.807) is 0 Å². The SMILES string of the molecule is CCCCCCCCCCCCC(=O)OC[C@H](COC(=O)CCCCCCCCCCC(C)C)OC(=O)CCCCCCCCCCC(C)CC. The molecule has 0 bridgehead atoms. The van der Waals surface area contributed by atoms with Crippen LogP contribution in [0.15, 0.2) is 0 Å². The number of carbonyl (C=O) groups excluding carboxylic acids is 3. The Kier molecular flexibility index (Phi) is 37.0. The van der Waals surface area contributed by atoms with Gasteiger partial charge in [-0.15, -0.1) is 0 Å². The molecular formula is C45H86O6. The molecule has 0 N–H and O–H groups in total. The molecule has 302 valence electrons. The van der Waals surface area contributed by atoms with Crippen molar-refractivity contribution in [2.24, 2.45) is 11.8 Å². The van der Waals surface area contributed by atoms with Crippen molar-refractivity contribution in [2.75, 3.05) is 13.2 Å². The summed E-state index contributed by atoms with van der Waals surface area (Å²) in [5, 5.41) is 0. The Balaban J connectivity index is 4.36. The highest BCUT2D eigenvalue weighted by Gasteiger charge is 2.19. The van der Waals surface area contributed by atoms with E-state index >= 15 is 0 Å². The van der Waals surface area contributed by atoms with Gasteiger partial charge in [0.15, 0.2) is 6.10 Å². The summed E-state index contributed by atoms with van der Waals surface area (Å²) in [7, 11) is 0. The fraction of sp³-hybridized carbons (Fsp3) is 0.933. The molecule has 0 heterocycles. The molecule has 0 aromatic carbocycles. The maximum atomic E-state index is 12.7. The summed E-state index contributed by atoms with van der Waals surface area (Å²) < 4.78 is 16.7. The molecule has 0 aliphatic carbocycles. The minimum Gasteiger partial charge on any atom is -0.462 e. The smallest absolute Gasteiger partial charge is 0.306 e. The third kappa shape index (κ3) is 38.0. The number of hydrogen-bond acceptors (Lipinski definition) is 6. The number of rotatable bonds is 39. The molecule has 0 rings (SSSR count). The molecule has 0 amide bonds. The first-order chi connectivity index (χ1) is 24.8. The Morgan fingerprint density at radius 1 is 0.412 bits per heavy atom. The van der Waals surface area contributed by atoms with E-state index in [-0.39, 0.29) is 31.1 Å². The van der Waals surface area contributed by atoms with Crippen LogP contribution in [0.2, 0.25) is 0 Å². The largest absolute Gasteiger partial charge is 0.462 e. The van der Waals surface area contributed by atoms with Crippen molar-refractivity contribution in [2.45, 2.75) is 246 Å². The molecule has 0 spiro atoms. The summed E-state index contributed by atoms with van der Waals surface area (Å²) >= 11 is 0. The molecule has 0 fully saturated rings. The van der Waals surface area contributed by atoms with Crippen LogP contribution in [0.3, 0.4) is 0 Å². The standard InChI is InChI=1S/C45H86O6/c1-6-8-9-10-11-12-13-20-25-30-35-43(46)49-38-42(39-50-44(47)36-31-26-21-16-14-18-23-28-33-40(3)4)51-45(48)37-32-27-22-17-15-19-24-29-34-41(5)7-2/h40-42H,6-39H2,1-5H3/t41?,42-/m1/s1. The minimum atomic E-state index is -0.760. The predicted octanol–water partition coefficient (Wildman–Crippen LogP) is 13.8. The number of unbranched alkanes of at least 4 members (excludes halogenated alkanes) is 23. The van der Waals surface area contributed by atoms with E-state index in [2.05, 4.69) is 34.6 Å². The number of carbonyl (C=O) groups is 3. The van der Waals surface area contributed by atoms with Crippen molar-refractivity contribution in [3.63, 3.8) is 0 Å². The van der Waals surface area contributed by atoms with Crippen LogP contribution < -0.4 is 0 Å². The van der Waals surface area contributed by atoms with Crippen LogP contribution in [0.5, 0.6) is 0 Å². The van der Waals surface area contributed by atoms with Gasteiger partial charge in [-0.05, 0) is 31.1 Å². The average Bonchev–Trinajstić information content (AvgIpc) is 3.11. The molecule has 0 saturated carbocycles. The third-order valence-electron chi connectivity index (χ3n) is 10.3. The van der Waals surface area contributed by atoms with Crippen LogP contribution in [-0.2, 0) is 28.6 Å². The average molecular weight is 723 g/mol. The molecule has 0 aromatic rings. The Morgan fingerprint density at radius 3 is 1.12 bits per heavy atom. The molecule has 0 aliphatic rings. The van der Waals surface area contributed by atoms with Gasteiger partial charge in [0, 0.05) is 19.3 Å². The number of ether oxygens (including phenoxy) is 3. The summed E-state index contributed by atoms with van der Waals surface area (Å²) in [4.78, 5) is 37.6. The third-order valence-corrected chi connectivity index (χ3v) is 10.3. The summed E-state index contributed by atoms with van der Waals surface area (Å²) in [6, 6.07) is 0. The summed E-state index contributed by atoms with van der Waals surface area (Å²) in [5.74, 6) is 0.778. The van der Waals surface area contributed by atoms with Gasteiger partial charge in [-0.3, -0.25) is 14.4 Å². The molecule has 1 unspecified atom stereocenters. The molecule has 0 saturated heterocycles. The first kappa shape index (κ1) is 49.4. The molecule has 6 nitrogen and oxygen atoms in total. The van der Waals surface area contributed by atoms with Gasteiger partial charge in [0.25, 0.3) is 0 Å². The van der Waals surface area contributed by atoms with Gasteiger partial charge in [0.2, 0.25) is 0 Å². The highest BCUT2D eigenvalue weighted by atomic mass is 16.6. The lowest BCUT2D eigenvalue weighted by Gasteiger charge is -2.18. The fourth-order valence-electron chi connectivity index (χ4n) is 6.54. The van der Waals surface area contributed by atoms with E-state index < -0.39 is 6.10 Å². The number of esters is 3. The summed E-state index contributed by atoms with van der Waals surface area (Å²) in [6.45, 7) is 11.3. The molecule has 0 radical (unpaired) electrons. The van der Waals surface area contributed by atoms with E-state index in [1.165, 1.54) is 128 Å². The highest BCUT2D eigenvalue weighted by Crippen LogP contribution is 2.17. The van der Waals surface area contributed by atoms with Gasteiger partial charge >= 0.3 is 17.9 Å². The second-order valence-electron chi connectivity index (χ2n) is 16.1. The molecule has 51 heavy (non-hydrogen) atoms. The Morgan fingerprint density at radius 2 is 0.745 bits per heavy atom. The van der Waals surface area contributed by atoms with Crippen LogP contribution in [0, 0.1) is 11.8 Å². The molecular weight excluding hydrogens is 636 g/mol. The predicted molar refractivity (Wildman–Crippen MR) is 215 cm³/mol. The van der Waals surface area contributed by atoms with Gasteiger partial charge in [-0.2, -0.15) is 0 Å². The molecule has 2 atom stereocenters. The molecule has 6 heteroatoms. The van der Waals surface area contributed by atoms with E-state index in [9.17, 15) is 14.4 Å². The van der Waals surface area contributed by atoms with Crippen molar-refractivity contribution in [3.8, 4) is 0 Å². The van der Waals surface area contributed by atoms with Crippen LogP contribution in [0.1, 0.15) is 240 Å². The summed E-state index contributed by atoms with van der Waals surface area (Å²) in [5.41, 5.74) is 0. The van der Waals surface area contributed by atoms with Crippen molar-refractivity contribution in [3.05, 3.63) is 0 Å². The van der Waals surface area contributed by atoms with Crippen molar-refractivity contribution >= 4 is 17.9 Å². The highest BCUT2D eigenvalue weighted by molar-refractivity contribution is 5.71. The lowest BCUT2D eigenvalue weighted by molar-refractivity contribution is -0.167. The molecule has 0 aliphatic heterocycles. The van der Waals surface area contributed by atoms with Crippen molar-refractivity contribution < 1.29 is 28.6 Å². The lowest BCUT2D eigenvalue weighted by Crippen LogP contribution is -2.30. The second kappa shape index (κ2) is 38.1. The van der Waals surface area contributed by atoms with E-state index in [4.69, 9.17) is 14.2 Å². The van der Waals surface area contributed by atoms with Crippen LogP contribution in [0.25, 0.3) is 0 Å². The fourth-order valence-corrected chi connectivity index (χ4v) is 6.54. The van der Waals surface area contributed by atoms with E-state index in [1.807, 2.05) is 0 Å². The van der Waals surface area contributed by atoms with Crippen LogP contribution in [-0.4, -0.2) is 37.2 Å². The van der Waals surface area contributed by atoms with Crippen LogP contribution >= 0.6 is 0 Å². The Labute approximate surface area is 317 Å². The first-order valence-corrected chi connectivity index (χ1v) is 22.3. The molecule has 0 aromatic heterocycles. The monoisotopic (exact) mass is 723 g/mol. The van der Waals surface area contributed by atoms with Gasteiger partial charge in [0.05, 0.1) is 0 Å². The maximum absolute atomic E-state index is 12.7. The second-order valence-corrected chi connectivity index (χ2v) is 16.1. The van der Waals surface area contributed by atoms with Gasteiger partial charge in [-0.1, -0.05) is 202 Å².